The molecule has 0 aliphatic carbocycles. The van der Waals surface area contributed by atoms with E-state index in [4.69, 9.17) is 23.2 Å². The first-order valence-corrected chi connectivity index (χ1v) is 6.89. The van der Waals surface area contributed by atoms with Crippen molar-refractivity contribution in [3.63, 3.8) is 0 Å². The Labute approximate surface area is 132 Å². The van der Waals surface area contributed by atoms with Crippen molar-refractivity contribution in [3.8, 4) is 0 Å². The molecule has 3 nitrogen and oxygen atoms in total. The summed E-state index contributed by atoms with van der Waals surface area (Å²) in [6, 6.07) is 5.77. The molecule has 1 aromatic carbocycles. The van der Waals surface area contributed by atoms with Crippen LogP contribution in [0, 0.1) is 9.39 Å². The van der Waals surface area contributed by atoms with Gasteiger partial charge in [0.25, 0.3) is 5.91 Å². The summed E-state index contributed by atoms with van der Waals surface area (Å²) in [5.41, 5.74) is 0.552. The molecule has 1 aromatic heterocycles. The van der Waals surface area contributed by atoms with E-state index in [0.717, 1.165) is 0 Å². The summed E-state index contributed by atoms with van der Waals surface area (Å²) in [5, 5.41) is 2.91. The van der Waals surface area contributed by atoms with E-state index < -0.39 is 11.7 Å². The van der Waals surface area contributed by atoms with E-state index in [1.165, 1.54) is 24.4 Å². The molecule has 1 amide bonds. The van der Waals surface area contributed by atoms with E-state index in [9.17, 15) is 9.18 Å². The predicted octanol–water partition coefficient (Wildman–Crippen LogP) is 4.38. The van der Waals surface area contributed by atoms with Crippen LogP contribution in [0.15, 0.2) is 30.5 Å². The number of nitrogens with zero attached hydrogens (tertiary/aromatic N) is 1. The number of pyridine rings is 1. The van der Waals surface area contributed by atoms with E-state index in [1.807, 2.05) is 22.6 Å². The zero-order valence-corrected chi connectivity index (χ0v) is 12.9. The average Bonchev–Trinajstić information content (AvgIpc) is 2.38. The number of halogens is 4. The second kappa shape index (κ2) is 6.02. The molecule has 0 aliphatic rings. The Morgan fingerprint density at radius 1 is 1.37 bits per heavy atom. The zero-order chi connectivity index (χ0) is 14.0. The van der Waals surface area contributed by atoms with Gasteiger partial charge in [0.1, 0.15) is 11.0 Å². The van der Waals surface area contributed by atoms with Crippen LogP contribution in [0.25, 0.3) is 0 Å². The number of nitrogens with one attached hydrogen (secondary N) is 1. The topological polar surface area (TPSA) is 42.0 Å². The summed E-state index contributed by atoms with van der Waals surface area (Å²) in [6.07, 6.45) is 1.29. The first kappa shape index (κ1) is 14.5. The van der Waals surface area contributed by atoms with E-state index in [2.05, 4.69) is 10.3 Å². The fourth-order valence-corrected chi connectivity index (χ4v) is 2.22. The van der Waals surface area contributed by atoms with Crippen LogP contribution in [-0.4, -0.2) is 10.9 Å². The lowest BCUT2D eigenvalue weighted by Crippen LogP contribution is -2.14. The summed E-state index contributed by atoms with van der Waals surface area (Å²) in [7, 11) is 0. The Hall–Kier alpha value is -0.920. The maximum absolute atomic E-state index is 13.4. The second-order valence-corrected chi connectivity index (χ2v) is 5.42. The molecule has 0 atom stereocenters. The summed E-state index contributed by atoms with van der Waals surface area (Å²) in [4.78, 5) is 15.8. The van der Waals surface area contributed by atoms with Crippen molar-refractivity contribution in [1.29, 1.82) is 0 Å². The molecule has 0 aliphatic heterocycles. The number of hydrogen-bond donors (Lipinski definition) is 1. The highest BCUT2D eigenvalue weighted by atomic mass is 127. The maximum atomic E-state index is 13.4. The zero-order valence-electron chi connectivity index (χ0n) is 9.25. The predicted molar refractivity (Wildman–Crippen MR) is 81.3 cm³/mol. The maximum Gasteiger partial charge on any atom is 0.257 e. The number of hydrogen-bond acceptors (Lipinski definition) is 2. The van der Waals surface area contributed by atoms with Gasteiger partial charge >= 0.3 is 0 Å². The lowest BCUT2D eigenvalue weighted by molar-refractivity contribution is 0.102. The van der Waals surface area contributed by atoms with Gasteiger partial charge in [-0.15, -0.1) is 0 Å². The standard InChI is InChI=1S/C12H6Cl2FIN2O/c13-7-5-17-10(14)4-6(7)12(19)18-9-3-1-2-8(15)11(9)16/h1-5H,(H,18,19). The lowest BCUT2D eigenvalue weighted by Gasteiger charge is -2.09. The van der Waals surface area contributed by atoms with Crippen LogP contribution in [0.4, 0.5) is 10.1 Å². The molecule has 0 fully saturated rings. The third-order valence-corrected chi connectivity index (χ3v) is 3.87. The average molecular weight is 411 g/mol. The minimum Gasteiger partial charge on any atom is -0.321 e. The molecule has 0 unspecified atom stereocenters. The third-order valence-electron chi connectivity index (χ3n) is 2.27. The number of aromatic nitrogens is 1. The van der Waals surface area contributed by atoms with Crippen LogP contribution >= 0.6 is 45.8 Å². The minimum atomic E-state index is -0.474. The number of amides is 1. The number of carbonyl (C=O) groups is 1. The van der Waals surface area contributed by atoms with Gasteiger partial charge in [-0.1, -0.05) is 29.3 Å². The van der Waals surface area contributed by atoms with Crippen LogP contribution in [-0.2, 0) is 0 Å². The Balaban J connectivity index is 2.31. The summed E-state index contributed by atoms with van der Waals surface area (Å²) >= 11 is 13.4. The molecule has 0 radical (unpaired) electrons. The molecule has 1 heterocycles. The fraction of sp³-hybridized carbons (Fsp3) is 0. The first-order valence-electron chi connectivity index (χ1n) is 5.05. The smallest absolute Gasteiger partial charge is 0.257 e. The Morgan fingerprint density at radius 3 is 2.84 bits per heavy atom. The van der Waals surface area contributed by atoms with Gasteiger partial charge in [-0.2, -0.15) is 0 Å². The molecule has 98 valence electrons. The number of carbonyl (C=O) groups excluding carboxylic acids is 1. The number of rotatable bonds is 2. The van der Waals surface area contributed by atoms with Crippen LogP contribution in [0.3, 0.4) is 0 Å². The Kier molecular flexibility index (Phi) is 4.59. The van der Waals surface area contributed by atoms with Crippen molar-refractivity contribution >= 4 is 57.4 Å². The monoisotopic (exact) mass is 410 g/mol. The highest BCUT2D eigenvalue weighted by Gasteiger charge is 2.14. The first-order chi connectivity index (χ1) is 8.99. The van der Waals surface area contributed by atoms with Gasteiger partial charge in [-0.3, -0.25) is 4.79 Å². The van der Waals surface area contributed by atoms with E-state index in [-0.39, 0.29) is 15.7 Å². The highest BCUT2D eigenvalue weighted by molar-refractivity contribution is 14.1. The Morgan fingerprint density at radius 2 is 2.11 bits per heavy atom. The van der Waals surface area contributed by atoms with Gasteiger partial charge in [-0.25, -0.2) is 9.37 Å². The number of benzene rings is 1. The van der Waals surface area contributed by atoms with Crippen molar-refractivity contribution < 1.29 is 9.18 Å². The van der Waals surface area contributed by atoms with Crippen LogP contribution < -0.4 is 5.32 Å². The molecule has 7 heteroatoms. The molecule has 0 spiro atoms. The van der Waals surface area contributed by atoms with Gasteiger partial charge in [-0.05, 0) is 40.8 Å². The summed E-state index contributed by atoms with van der Waals surface area (Å²) < 4.78 is 13.7. The minimum absolute atomic E-state index is 0.156. The van der Waals surface area contributed by atoms with Gasteiger partial charge in [0.05, 0.1) is 19.8 Å². The van der Waals surface area contributed by atoms with Crippen molar-refractivity contribution in [2.24, 2.45) is 0 Å². The molecular weight excluding hydrogens is 405 g/mol. The molecule has 2 aromatic rings. The van der Waals surface area contributed by atoms with Crippen LogP contribution in [0.2, 0.25) is 10.2 Å². The third kappa shape index (κ3) is 3.34. The van der Waals surface area contributed by atoms with E-state index in [0.29, 0.717) is 9.26 Å². The van der Waals surface area contributed by atoms with E-state index in [1.54, 1.807) is 6.07 Å². The van der Waals surface area contributed by atoms with Crippen molar-refractivity contribution in [2.75, 3.05) is 5.32 Å². The van der Waals surface area contributed by atoms with Gasteiger partial charge in [0, 0.05) is 6.20 Å². The largest absolute Gasteiger partial charge is 0.321 e. The molecule has 1 N–H and O–H groups in total. The number of anilines is 1. The summed E-state index contributed by atoms with van der Waals surface area (Å²) in [6.45, 7) is 0. The quantitative estimate of drug-likeness (QED) is 0.589. The molecular formula is C12H6Cl2FIN2O. The fourth-order valence-electron chi connectivity index (χ4n) is 1.38. The molecule has 0 saturated heterocycles. The van der Waals surface area contributed by atoms with Crippen LogP contribution in [0.1, 0.15) is 10.4 Å². The van der Waals surface area contributed by atoms with E-state index >= 15 is 0 Å². The van der Waals surface area contributed by atoms with Crippen molar-refractivity contribution in [2.45, 2.75) is 0 Å². The van der Waals surface area contributed by atoms with Crippen LogP contribution in [0.5, 0.6) is 0 Å². The lowest BCUT2D eigenvalue weighted by atomic mass is 10.2. The van der Waals surface area contributed by atoms with Gasteiger partial charge in [0.2, 0.25) is 0 Å². The normalized spacial score (nSPS) is 10.3. The molecule has 0 bridgehead atoms. The Bertz CT molecular complexity index is 652. The van der Waals surface area contributed by atoms with Gasteiger partial charge < -0.3 is 5.32 Å². The molecule has 2 rings (SSSR count). The second-order valence-electron chi connectivity index (χ2n) is 3.54. The van der Waals surface area contributed by atoms with Crippen molar-refractivity contribution in [1.82, 2.24) is 4.98 Å². The SMILES string of the molecule is O=C(Nc1cccc(F)c1I)c1cc(Cl)ncc1Cl. The summed E-state index contributed by atoms with van der Waals surface area (Å²) in [5.74, 6) is -0.880. The highest BCUT2D eigenvalue weighted by Crippen LogP contribution is 2.23. The van der Waals surface area contributed by atoms with Crippen molar-refractivity contribution in [3.05, 3.63) is 55.6 Å². The molecule has 0 saturated carbocycles. The molecule has 19 heavy (non-hydrogen) atoms. The van der Waals surface area contributed by atoms with Gasteiger partial charge in [0.15, 0.2) is 0 Å².